The number of aromatic nitrogens is 1. The molecule has 2 aromatic carbocycles. The summed E-state index contributed by atoms with van der Waals surface area (Å²) in [7, 11) is 1.64. The van der Waals surface area contributed by atoms with E-state index in [1.807, 2.05) is 53.1 Å². The Bertz CT molecular complexity index is 939. The van der Waals surface area contributed by atoms with Crippen LogP contribution in [0.25, 0.3) is 10.2 Å². The van der Waals surface area contributed by atoms with Gasteiger partial charge in [0.2, 0.25) is 0 Å². The predicted octanol–water partition coefficient (Wildman–Crippen LogP) is 3.57. The molecule has 0 saturated carbocycles. The number of benzene rings is 2. The quantitative estimate of drug-likeness (QED) is 0.668. The molecule has 3 aromatic rings. The molecule has 0 unspecified atom stereocenters. The molecule has 0 bridgehead atoms. The maximum Gasteiger partial charge on any atom is 0.252 e. The van der Waals surface area contributed by atoms with E-state index in [9.17, 15) is 4.79 Å². The molecule has 0 aliphatic heterocycles. The van der Waals surface area contributed by atoms with Gasteiger partial charge in [-0.25, -0.2) is 0 Å². The van der Waals surface area contributed by atoms with Gasteiger partial charge in [-0.2, -0.15) is 4.99 Å². The number of fused-ring (bicyclic) bond motifs is 1. The molecule has 3 rings (SSSR count). The van der Waals surface area contributed by atoms with Crippen LogP contribution in [-0.2, 0) is 17.8 Å². The molecule has 0 N–H and O–H groups in total. The third-order valence-electron chi connectivity index (χ3n) is 3.61. The Morgan fingerprint density at radius 1 is 1.25 bits per heavy atom. The van der Waals surface area contributed by atoms with Gasteiger partial charge in [0.15, 0.2) is 4.80 Å². The van der Waals surface area contributed by atoms with Gasteiger partial charge in [0.1, 0.15) is 11.3 Å². The van der Waals surface area contributed by atoms with Crippen LogP contribution in [0.1, 0.15) is 5.56 Å². The van der Waals surface area contributed by atoms with E-state index in [1.54, 1.807) is 13.2 Å². The third-order valence-corrected chi connectivity index (χ3v) is 4.66. The van der Waals surface area contributed by atoms with Gasteiger partial charge in [-0.3, -0.25) is 4.79 Å². The molecule has 0 aliphatic rings. The minimum atomic E-state index is -0.162. The van der Waals surface area contributed by atoms with Gasteiger partial charge >= 0.3 is 0 Å². The molecule has 0 aliphatic carbocycles. The fourth-order valence-electron chi connectivity index (χ4n) is 2.56. The lowest BCUT2D eigenvalue weighted by atomic mass is 10.1. The maximum atomic E-state index is 12.3. The summed E-state index contributed by atoms with van der Waals surface area (Å²) in [5.74, 6) is 0.604. The molecule has 0 atom stereocenters. The highest BCUT2D eigenvalue weighted by Gasteiger charge is 2.11. The summed E-state index contributed by atoms with van der Waals surface area (Å²) >= 11 is 1.48. The third kappa shape index (κ3) is 3.31. The number of nitrogens with zero attached hydrogens (tertiary/aromatic N) is 2. The zero-order valence-corrected chi connectivity index (χ0v) is 14.3. The summed E-state index contributed by atoms with van der Waals surface area (Å²) in [4.78, 5) is 17.3. The van der Waals surface area contributed by atoms with Crippen molar-refractivity contribution in [3.8, 4) is 5.75 Å². The van der Waals surface area contributed by atoms with Crippen molar-refractivity contribution in [3.63, 3.8) is 0 Å². The average Bonchev–Trinajstić information content (AvgIpc) is 2.93. The SMILES string of the molecule is C=CCn1c(=NC(=O)Cc2ccccc2)sc2cccc(OC)c21. The summed E-state index contributed by atoms with van der Waals surface area (Å²) < 4.78 is 8.45. The number of carbonyl (C=O) groups excluding carboxylic acids is 1. The molecule has 0 radical (unpaired) electrons. The maximum absolute atomic E-state index is 12.3. The summed E-state index contributed by atoms with van der Waals surface area (Å²) in [6.07, 6.45) is 2.08. The highest BCUT2D eigenvalue weighted by molar-refractivity contribution is 7.16. The Kier molecular flexibility index (Phi) is 4.91. The lowest BCUT2D eigenvalue weighted by Gasteiger charge is -2.06. The fraction of sp³-hybridized carbons (Fsp3) is 0.158. The van der Waals surface area contributed by atoms with Crippen LogP contribution in [0.15, 0.2) is 66.2 Å². The molecule has 5 heteroatoms. The molecule has 4 nitrogen and oxygen atoms in total. The van der Waals surface area contributed by atoms with Crippen LogP contribution in [0.4, 0.5) is 0 Å². The Morgan fingerprint density at radius 3 is 2.75 bits per heavy atom. The number of amides is 1. The average molecular weight is 338 g/mol. The van der Waals surface area contributed by atoms with Crippen LogP contribution in [0, 0.1) is 0 Å². The monoisotopic (exact) mass is 338 g/mol. The number of carbonyl (C=O) groups is 1. The van der Waals surface area contributed by atoms with E-state index in [4.69, 9.17) is 4.74 Å². The molecule has 1 amide bonds. The Balaban J connectivity index is 2.06. The topological polar surface area (TPSA) is 43.6 Å². The van der Waals surface area contributed by atoms with Gasteiger partial charge in [0.25, 0.3) is 5.91 Å². The van der Waals surface area contributed by atoms with Crippen LogP contribution in [0.2, 0.25) is 0 Å². The molecule has 0 saturated heterocycles. The second kappa shape index (κ2) is 7.27. The first-order valence-electron chi connectivity index (χ1n) is 7.61. The minimum Gasteiger partial charge on any atom is -0.495 e. The number of hydrogen-bond donors (Lipinski definition) is 0. The van der Waals surface area contributed by atoms with Crippen LogP contribution in [0.3, 0.4) is 0 Å². The summed E-state index contributed by atoms with van der Waals surface area (Å²) in [6.45, 7) is 4.37. The van der Waals surface area contributed by atoms with Crippen molar-refractivity contribution in [2.75, 3.05) is 7.11 Å². The van der Waals surface area contributed by atoms with Gasteiger partial charge in [-0.1, -0.05) is 53.8 Å². The van der Waals surface area contributed by atoms with Crippen molar-refractivity contribution in [1.82, 2.24) is 4.57 Å². The predicted molar refractivity (Wildman–Crippen MR) is 97.3 cm³/mol. The number of methoxy groups -OCH3 is 1. The van der Waals surface area contributed by atoms with E-state index in [-0.39, 0.29) is 5.91 Å². The Morgan fingerprint density at radius 2 is 2.04 bits per heavy atom. The molecule has 122 valence electrons. The number of allylic oxidation sites excluding steroid dienone is 1. The summed E-state index contributed by atoms with van der Waals surface area (Å²) in [5.41, 5.74) is 1.90. The van der Waals surface area contributed by atoms with Crippen molar-refractivity contribution >= 4 is 27.5 Å². The van der Waals surface area contributed by atoms with Gasteiger partial charge < -0.3 is 9.30 Å². The van der Waals surface area contributed by atoms with Crippen LogP contribution >= 0.6 is 11.3 Å². The molecule has 24 heavy (non-hydrogen) atoms. The van der Waals surface area contributed by atoms with E-state index in [1.165, 1.54) is 11.3 Å². The second-order valence-corrected chi connectivity index (χ2v) is 6.27. The van der Waals surface area contributed by atoms with Crippen molar-refractivity contribution in [2.24, 2.45) is 4.99 Å². The first-order valence-corrected chi connectivity index (χ1v) is 8.43. The molecule has 1 aromatic heterocycles. The molecular formula is C19H18N2O2S. The lowest BCUT2D eigenvalue weighted by molar-refractivity contribution is -0.117. The number of para-hydroxylation sites is 1. The smallest absolute Gasteiger partial charge is 0.252 e. The van der Waals surface area contributed by atoms with Crippen LogP contribution in [-0.4, -0.2) is 17.6 Å². The first kappa shape index (κ1) is 16.2. The van der Waals surface area contributed by atoms with E-state index < -0.39 is 0 Å². The van der Waals surface area contributed by atoms with Crippen LogP contribution < -0.4 is 9.54 Å². The zero-order valence-electron chi connectivity index (χ0n) is 13.4. The van der Waals surface area contributed by atoms with Crippen molar-refractivity contribution in [2.45, 2.75) is 13.0 Å². The van der Waals surface area contributed by atoms with E-state index in [0.717, 1.165) is 21.5 Å². The zero-order chi connectivity index (χ0) is 16.9. The largest absolute Gasteiger partial charge is 0.495 e. The molecular weight excluding hydrogens is 320 g/mol. The van der Waals surface area contributed by atoms with E-state index >= 15 is 0 Å². The second-order valence-electron chi connectivity index (χ2n) is 5.26. The summed E-state index contributed by atoms with van der Waals surface area (Å²) in [6, 6.07) is 15.5. The van der Waals surface area contributed by atoms with Gasteiger partial charge in [0.05, 0.1) is 18.2 Å². The fourth-order valence-corrected chi connectivity index (χ4v) is 3.64. The minimum absolute atomic E-state index is 0.162. The molecule has 0 spiro atoms. The Labute approximate surface area is 144 Å². The number of thiazole rings is 1. The standard InChI is InChI=1S/C19H18N2O2S/c1-3-12-21-18-15(23-2)10-7-11-16(18)24-19(21)20-17(22)13-14-8-5-4-6-9-14/h3-11H,1,12-13H2,2H3. The molecule has 1 heterocycles. The number of rotatable bonds is 5. The highest BCUT2D eigenvalue weighted by Crippen LogP contribution is 2.27. The van der Waals surface area contributed by atoms with E-state index in [2.05, 4.69) is 11.6 Å². The first-order chi connectivity index (χ1) is 11.7. The van der Waals surface area contributed by atoms with Crippen molar-refractivity contribution in [1.29, 1.82) is 0 Å². The van der Waals surface area contributed by atoms with Crippen LogP contribution in [0.5, 0.6) is 5.75 Å². The van der Waals surface area contributed by atoms with Gasteiger partial charge in [0, 0.05) is 6.54 Å². The summed E-state index contributed by atoms with van der Waals surface area (Å²) in [5, 5.41) is 0. The van der Waals surface area contributed by atoms with Crippen molar-refractivity contribution < 1.29 is 9.53 Å². The van der Waals surface area contributed by atoms with Gasteiger partial charge in [-0.05, 0) is 17.7 Å². The number of hydrogen-bond acceptors (Lipinski definition) is 3. The van der Waals surface area contributed by atoms with Crippen molar-refractivity contribution in [3.05, 3.63) is 71.6 Å². The molecule has 0 fully saturated rings. The normalized spacial score (nSPS) is 11.6. The number of ether oxygens (including phenoxy) is 1. The van der Waals surface area contributed by atoms with Gasteiger partial charge in [-0.15, -0.1) is 6.58 Å². The lowest BCUT2D eigenvalue weighted by Crippen LogP contribution is -2.17. The van der Waals surface area contributed by atoms with E-state index in [0.29, 0.717) is 17.8 Å². The Hall–Kier alpha value is -2.66. The highest BCUT2D eigenvalue weighted by atomic mass is 32.1.